The normalized spacial score (nSPS) is 18.7. The number of hydrogen-bond donors (Lipinski definition) is 2. The molecule has 1 aromatic carbocycles. The highest BCUT2D eigenvalue weighted by Crippen LogP contribution is 2.24. The van der Waals surface area contributed by atoms with Gasteiger partial charge in [0.2, 0.25) is 11.8 Å². The van der Waals surface area contributed by atoms with Crippen LogP contribution in [0.5, 0.6) is 0 Å². The van der Waals surface area contributed by atoms with Crippen molar-refractivity contribution in [3.05, 3.63) is 35.4 Å². The molecule has 9 heteroatoms. The number of aliphatic carboxylic acids is 1. The summed E-state index contributed by atoms with van der Waals surface area (Å²) in [5.74, 6) is -2.96. The molecule has 1 aliphatic rings. The summed E-state index contributed by atoms with van der Waals surface area (Å²) >= 11 is 0. The average Bonchev–Trinajstić information content (AvgIpc) is 2.88. The lowest BCUT2D eigenvalue weighted by Gasteiger charge is -2.26. The largest absolute Gasteiger partial charge is 0.480 e. The lowest BCUT2D eigenvalue weighted by atomic mass is 10.1. The third-order valence-electron chi connectivity index (χ3n) is 4.15. The van der Waals surface area contributed by atoms with Crippen LogP contribution in [0.2, 0.25) is 0 Å². The minimum Gasteiger partial charge on any atom is -0.480 e. The van der Waals surface area contributed by atoms with Crippen molar-refractivity contribution < 1.29 is 32.7 Å². The number of carbonyl (C=O) groups is 3. The smallest absolute Gasteiger partial charge is 0.391 e. The molecule has 1 fully saturated rings. The van der Waals surface area contributed by atoms with Crippen molar-refractivity contribution in [2.75, 3.05) is 0 Å². The number of carboxylic acid groups (broad SMARTS) is 1. The van der Waals surface area contributed by atoms with Crippen LogP contribution < -0.4 is 5.32 Å². The van der Waals surface area contributed by atoms with E-state index in [9.17, 15) is 27.6 Å². The van der Waals surface area contributed by atoms with Crippen molar-refractivity contribution in [3.63, 3.8) is 0 Å². The number of amides is 2. The summed E-state index contributed by atoms with van der Waals surface area (Å²) in [6.45, 7) is 2.03. The van der Waals surface area contributed by atoms with E-state index in [4.69, 9.17) is 5.11 Å². The van der Waals surface area contributed by atoms with Crippen molar-refractivity contribution in [1.82, 2.24) is 10.2 Å². The van der Waals surface area contributed by atoms with Gasteiger partial charge >= 0.3 is 12.1 Å². The maximum Gasteiger partial charge on any atom is 0.391 e. The maximum absolute atomic E-state index is 12.5. The molecule has 0 aliphatic carbocycles. The van der Waals surface area contributed by atoms with Crippen molar-refractivity contribution in [2.24, 2.45) is 0 Å². The predicted octanol–water partition coefficient (Wildman–Crippen LogP) is 2.01. The van der Waals surface area contributed by atoms with E-state index in [1.54, 1.807) is 12.1 Å². The third-order valence-corrected chi connectivity index (χ3v) is 4.15. The van der Waals surface area contributed by atoms with E-state index < -0.39 is 36.6 Å². The molecule has 0 saturated carbocycles. The van der Waals surface area contributed by atoms with Crippen molar-refractivity contribution in [3.8, 4) is 0 Å². The van der Waals surface area contributed by atoms with Crippen LogP contribution in [0, 0.1) is 6.92 Å². The first-order valence-electron chi connectivity index (χ1n) is 8.02. The zero-order chi connectivity index (χ0) is 19.5. The summed E-state index contributed by atoms with van der Waals surface area (Å²) in [5.41, 5.74) is 1.79. The van der Waals surface area contributed by atoms with Crippen LogP contribution in [0.4, 0.5) is 13.2 Å². The fraction of sp³-hybridized carbons (Fsp3) is 0.471. The fourth-order valence-electron chi connectivity index (χ4n) is 2.79. The maximum atomic E-state index is 12.5. The van der Waals surface area contributed by atoms with Gasteiger partial charge in [-0.2, -0.15) is 13.2 Å². The molecule has 0 aromatic heterocycles. The number of likely N-dealkylation sites (tertiary alicyclic amines) is 1. The number of alkyl halides is 3. The Kier molecular flexibility index (Phi) is 5.89. The molecule has 1 saturated heterocycles. The number of halogens is 3. The molecule has 1 heterocycles. The second-order valence-electron chi connectivity index (χ2n) is 6.28. The quantitative estimate of drug-likeness (QED) is 0.800. The lowest BCUT2D eigenvalue weighted by molar-refractivity contribution is -0.160. The van der Waals surface area contributed by atoms with E-state index >= 15 is 0 Å². The molecule has 2 N–H and O–H groups in total. The molecule has 2 amide bonds. The summed E-state index contributed by atoms with van der Waals surface area (Å²) in [6, 6.07) is 4.20. The number of hydrogen-bond acceptors (Lipinski definition) is 3. The van der Waals surface area contributed by atoms with Gasteiger partial charge in [-0.05, 0) is 18.9 Å². The molecule has 2 unspecified atom stereocenters. The molecule has 26 heavy (non-hydrogen) atoms. The Labute approximate surface area is 148 Å². The number of nitrogens with zero attached hydrogens (tertiary/aromatic N) is 1. The molecular weight excluding hydrogens is 353 g/mol. The Morgan fingerprint density at radius 1 is 1.31 bits per heavy atom. The molecular formula is C17H19F3N2O4. The number of carboxylic acids is 1. The molecule has 1 aromatic rings. The number of aryl methyl sites for hydroxylation is 1. The number of nitrogens with one attached hydrogen (secondary N) is 1. The van der Waals surface area contributed by atoms with Crippen LogP contribution >= 0.6 is 0 Å². The van der Waals surface area contributed by atoms with E-state index in [0.717, 1.165) is 11.1 Å². The van der Waals surface area contributed by atoms with Gasteiger partial charge in [0.15, 0.2) is 0 Å². The first kappa shape index (κ1) is 19.7. The van der Waals surface area contributed by atoms with E-state index in [1.165, 1.54) is 4.90 Å². The molecule has 1 aliphatic heterocycles. The fourth-order valence-corrected chi connectivity index (χ4v) is 2.79. The lowest BCUT2D eigenvalue weighted by Crippen LogP contribution is -2.51. The standard InChI is InChI=1S/C17H19F3N2O4/c1-10-2-4-11(5-3-10)9-22-13(6-7-14(22)23)15(24)21-12(16(25)26)8-17(18,19)20/h2-5,12-13H,6-9H2,1H3,(H,21,24)(H,25,26). The Morgan fingerprint density at radius 3 is 2.46 bits per heavy atom. The van der Waals surface area contributed by atoms with Crippen molar-refractivity contribution in [2.45, 2.75) is 51.0 Å². The zero-order valence-electron chi connectivity index (χ0n) is 14.0. The van der Waals surface area contributed by atoms with Crippen LogP contribution in [0.1, 0.15) is 30.4 Å². The predicted molar refractivity (Wildman–Crippen MR) is 85.0 cm³/mol. The Balaban J connectivity index is 2.09. The van der Waals surface area contributed by atoms with Crippen LogP contribution in [0.25, 0.3) is 0 Å². The third kappa shape index (κ3) is 5.21. The summed E-state index contributed by atoms with van der Waals surface area (Å²) in [6.07, 6.45) is -6.19. The second kappa shape index (κ2) is 7.76. The van der Waals surface area contributed by atoms with E-state index in [0.29, 0.717) is 0 Å². The van der Waals surface area contributed by atoms with E-state index in [2.05, 4.69) is 0 Å². The highest BCUT2D eigenvalue weighted by atomic mass is 19.4. The molecule has 0 bridgehead atoms. The average molecular weight is 372 g/mol. The van der Waals surface area contributed by atoms with Crippen molar-refractivity contribution >= 4 is 17.8 Å². The van der Waals surface area contributed by atoms with Crippen molar-refractivity contribution in [1.29, 1.82) is 0 Å². The van der Waals surface area contributed by atoms with Gasteiger partial charge in [-0.25, -0.2) is 4.79 Å². The van der Waals surface area contributed by atoms with Crippen LogP contribution in [0.3, 0.4) is 0 Å². The Morgan fingerprint density at radius 2 is 1.92 bits per heavy atom. The van der Waals surface area contributed by atoms with Crippen LogP contribution in [0.15, 0.2) is 24.3 Å². The van der Waals surface area contributed by atoms with Gasteiger partial charge in [-0.3, -0.25) is 9.59 Å². The van der Waals surface area contributed by atoms with Gasteiger partial charge in [0.25, 0.3) is 0 Å². The molecule has 2 rings (SSSR count). The highest BCUT2D eigenvalue weighted by Gasteiger charge is 2.40. The minimum absolute atomic E-state index is 0.0843. The Bertz CT molecular complexity index is 688. The number of benzene rings is 1. The summed E-state index contributed by atoms with van der Waals surface area (Å²) < 4.78 is 37.4. The summed E-state index contributed by atoms with van der Waals surface area (Å²) in [7, 11) is 0. The molecule has 6 nitrogen and oxygen atoms in total. The van der Waals surface area contributed by atoms with Crippen LogP contribution in [-0.2, 0) is 20.9 Å². The molecule has 2 atom stereocenters. The first-order chi connectivity index (χ1) is 12.1. The zero-order valence-corrected chi connectivity index (χ0v) is 14.0. The number of carbonyl (C=O) groups excluding carboxylic acids is 2. The second-order valence-corrected chi connectivity index (χ2v) is 6.28. The van der Waals surface area contributed by atoms with Gasteiger partial charge < -0.3 is 15.3 Å². The molecule has 0 radical (unpaired) electrons. The van der Waals surface area contributed by atoms with Gasteiger partial charge in [-0.1, -0.05) is 29.8 Å². The monoisotopic (exact) mass is 372 g/mol. The topological polar surface area (TPSA) is 86.7 Å². The van der Waals surface area contributed by atoms with Gasteiger partial charge in [0.1, 0.15) is 12.1 Å². The number of rotatable bonds is 6. The van der Waals surface area contributed by atoms with E-state index in [-0.39, 0.29) is 25.3 Å². The van der Waals surface area contributed by atoms with Gasteiger partial charge in [0.05, 0.1) is 6.42 Å². The summed E-state index contributed by atoms with van der Waals surface area (Å²) in [5, 5.41) is 10.8. The van der Waals surface area contributed by atoms with Gasteiger partial charge in [-0.15, -0.1) is 0 Å². The molecule has 142 valence electrons. The molecule has 0 spiro atoms. The SMILES string of the molecule is Cc1ccc(CN2C(=O)CCC2C(=O)NC(CC(F)(F)F)C(=O)O)cc1. The van der Waals surface area contributed by atoms with Gasteiger partial charge in [0, 0.05) is 13.0 Å². The highest BCUT2D eigenvalue weighted by molar-refractivity contribution is 5.92. The first-order valence-corrected chi connectivity index (χ1v) is 8.02. The summed E-state index contributed by atoms with van der Waals surface area (Å²) in [4.78, 5) is 36.6. The van der Waals surface area contributed by atoms with E-state index in [1.807, 2.05) is 24.4 Å². The van der Waals surface area contributed by atoms with Crippen LogP contribution in [-0.4, -0.2) is 46.1 Å². The minimum atomic E-state index is -4.73. The Hall–Kier alpha value is -2.58.